The van der Waals surface area contributed by atoms with Crippen LogP contribution in [0.5, 0.6) is 11.5 Å². The molecule has 1 aliphatic carbocycles. The first-order valence-corrected chi connectivity index (χ1v) is 18.1. The first-order valence-electron chi connectivity index (χ1n) is 16.2. The fourth-order valence-electron chi connectivity index (χ4n) is 6.18. The maximum Gasteiger partial charge on any atom is 0.264 e. The number of nitrogens with one attached hydrogen (secondary N) is 1. The number of nitrogens with zero attached hydrogens (tertiary/aromatic N) is 2. The van der Waals surface area contributed by atoms with E-state index < -0.39 is 34.3 Å². The molecule has 1 aliphatic heterocycles. The molecular formula is C37H37ClFN3O6S. The Hall–Kier alpha value is -4.61. The molecule has 1 saturated carbocycles. The lowest BCUT2D eigenvalue weighted by molar-refractivity contribution is -0.140. The van der Waals surface area contributed by atoms with Gasteiger partial charge in [0.15, 0.2) is 11.5 Å². The minimum absolute atomic E-state index is 0.0191. The van der Waals surface area contributed by atoms with E-state index in [0.29, 0.717) is 22.9 Å². The minimum atomic E-state index is -4.43. The van der Waals surface area contributed by atoms with Crippen molar-refractivity contribution in [1.82, 2.24) is 10.2 Å². The molecule has 0 aromatic heterocycles. The van der Waals surface area contributed by atoms with E-state index in [-0.39, 0.29) is 47.9 Å². The molecule has 2 aliphatic rings. The zero-order chi connectivity index (χ0) is 34.4. The Balaban J connectivity index is 1.40. The van der Waals surface area contributed by atoms with Gasteiger partial charge in [-0.2, -0.15) is 0 Å². The molecule has 0 saturated heterocycles. The van der Waals surface area contributed by atoms with E-state index in [1.807, 2.05) is 30.3 Å². The van der Waals surface area contributed by atoms with Gasteiger partial charge >= 0.3 is 0 Å². The van der Waals surface area contributed by atoms with Gasteiger partial charge in [0, 0.05) is 30.1 Å². The summed E-state index contributed by atoms with van der Waals surface area (Å²) in [6, 6.07) is 24.4. The van der Waals surface area contributed by atoms with Crippen molar-refractivity contribution >= 4 is 39.1 Å². The van der Waals surface area contributed by atoms with Crippen LogP contribution in [0.3, 0.4) is 0 Å². The standard InChI is InChI=1S/C37H37ClFN3O6S/c38-32-13-7-4-10-27(32)24-41(33(22-26-8-2-1-3-9-26)37(44)40-29-11-5-6-12-29)36(43)25-42(30-16-14-28(39)15-17-30)49(45,46)31-18-19-34-35(23-31)48-21-20-47-34/h1-4,7-10,13-19,23,29,33H,5-6,11-12,20-22,24-25H2,(H,40,44)/t33-/m0/s1. The third-order valence-electron chi connectivity index (χ3n) is 8.77. The third-order valence-corrected chi connectivity index (χ3v) is 10.9. The van der Waals surface area contributed by atoms with Gasteiger partial charge in [-0.15, -0.1) is 0 Å². The van der Waals surface area contributed by atoms with Crippen molar-refractivity contribution in [3.63, 3.8) is 0 Å². The Morgan fingerprint density at radius 2 is 1.55 bits per heavy atom. The van der Waals surface area contributed by atoms with Crippen LogP contribution < -0.4 is 19.1 Å². The molecule has 1 fully saturated rings. The molecule has 6 rings (SSSR count). The zero-order valence-corrected chi connectivity index (χ0v) is 28.3. The van der Waals surface area contributed by atoms with Crippen molar-refractivity contribution in [2.45, 2.75) is 55.6 Å². The van der Waals surface area contributed by atoms with Crippen LogP contribution >= 0.6 is 11.6 Å². The highest BCUT2D eigenvalue weighted by molar-refractivity contribution is 7.92. The summed E-state index contributed by atoms with van der Waals surface area (Å²) in [4.78, 5) is 30.1. The average Bonchev–Trinajstić information content (AvgIpc) is 3.63. The fourth-order valence-corrected chi connectivity index (χ4v) is 7.80. The van der Waals surface area contributed by atoms with Crippen LogP contribution in [-0.4, -0.2) is 57.0 Å². The van der Waals surface area contributed by atoms with Crippen molar-refractivity contribution in [3.8, 4) is 11.5 Å². The molecule has 49 heavy (non-hydrogen) atoms. The number of hydrogen-bond donors (Lipinski definition) is 1. The molecule has 4 aromatic carbocycles. The summed E-state index contributed by atoms with van der Waals surface area (Å²) < 4.78 is 54.9. The summed E-state index contributed by atoms with van der Waals surface area (Å²) in [7, 11) is -4.43. The van der Waals surface area contributed by atoms with Gasteiger partial charge < -0.3 is 19.7 Å². The van der Waals surface area contributed by atoms with Gasteiger partial charge in [0.25, 0.3) is 10.0 Å². The number of halogens is 2. The maximum atomic E-state index is 14.7. The van der Waals surface area contributed by atoms with Crippen molar-refractivity contribution in [2.24, 2.45) is 0 Å². The first kappa shape index (κ1) is 34.3. The molecule has 1 heterocycles. The number of amides is 2. The summed E-state index contributed by atoms with van der Waals surface area (Å²) in [5.41, 5.74) is 1.48. The van der Waals surface area contributed by atoms with Gasteiger partial charge in [0.2, 0.25) is 11.8 Å². The Morgan fingerprint density at radius 3 is 2.27 bits per heavy atom. The summed E-state index contributed by atoms with van der Waals surface area (Å²) in [5, 5.41) is 3.54. The monoisotopic (exact) mass is 705 g/mol. The number of carbonyl (C=O) groups is 2. The number of rotatable bonds is 12. The van der Waals surface area contributed by atoms with Crippen LogP contribution in [-0.2, 0) is 32.6 Å². The first-order chi connectivity index (χ1) is 23.7. The van der Waals surface area contributed by atoms with E-state index in [2.05, 4.69) is 5.32 Å². The SMILES string of the molecule is O=C(NC1CCCC1)[C@H](Cc1ccccc1)N(Cc1ccccc1Cl)C(=O)CN(c1ccc(F)cc1)S(=O)(=O)c1ccc2c(c1)OCCO2. The van der Waals surface area contributed by atoms with Crippen LogP contribution in [0, 0.1) is 5.82 Å². The molecular weight excluding hydrogens is 669 g/mol. The van der Waals surface area contributed by atoms with Crippen molar-refractivity contribution in [1.29, 1.82) is 0 Å². The van der Waals surface area contributed by atoms with Crippen molar-refractivity contribution < 1.29 is 31.9 Å². The predicted molar refractivity (Wildman–Crippen MR) is 185 cm³/mol. The fraction of sp³-hybridized carbons (Fsp3) is 0.297. The Labute approximate surface area is 290 Å². The Kier molecular flexibility index (Phi) is 10.7. The number of benzene rings is 4. The van der Waals surface area contributed by atoms with Gasteiger partial charge in [0.1, 0.15) is 31.6 Å². The van der Waals surface area contributed by atoms with E-state index in [0.717, 1.165) is 47.7 Å². The van der Waals surface area contributed by atoms with Crippen LogP contribution in [0.2, 0.25) is 5.02 Å². The quantitative estimate of drug-likeness (QED) is 0.190. The van der Waals surface area contributed by atoms with Crippen molar-refractivity contribution in [2.75, 3.05) is 24.1 Å². The molecule has 1 N–H and O–H groups in total. The van der Waals surface area contributed by atoms with Gasteiger partial charge in [-0.3, -0.25) is 13.9 Å². The molecule has 4 aromatic rings. The second-order valence-electron chi connectivity index (χ2n) is 12.1. The topological polar surface area (TPSA) is 105 Å². The largest absolute Gasteiger partial charge is 0.486 e. The number of sulfonamides is 1. The molecule has 0 unspecified atom stereocenters. The van der Waals surface area contributed by atoms with Crippen LogP contribution in [0.4, 0.5) is 10.1 Å². The zero-order valence-electron chi connectivity index (χ0n) is 26.8. The lowest BCUT2D eigenvalue weighted by Crippen LogP contribution is -2.54. The van der Waals surface area contributed by atoms with Gasteiger partial charge in [-0.1, -0.05) is 73.0 Å². The van der Waals surface area contributed by atoms with E-state index in [4.69, 9.17) is 21.1 Å². The Morgan fingerprint density at radius 1 is 0.878 bits per heavy atom. The van der Waals surface area contributed by atoms with E-state index in [1.54, 1.807) is 24.3 Å². The molecule has 12 heteroatoms. The number of ether oxygens (including phenoxy) is 2. The molecule has 256 valence electrons. The highest BCUT2D eigenvalue weighted by atomic mass is 35.5. The van der Waals surface area contributed by atoms with Gasteiger partial charge in [-0.25, -0.2) is 12.8 Å². The van der Waals surface area contributed by atoms with Crippen LogP contribution in [0.25, 0.3) is 0 Å². The maximum absolute atomic E-state index is 14.7. The van der Waals surface area contributed by atoms with E-state index >= 15 is 0 Å². The second-order valence-corrected chi connectivity index (χ2v) is 14.4. The third kappa shape index (κ3) is 8.17. The summed E-state index contributed by atoms with van der Waals surface area (Å²) >= 11 is 6.58. The molecule has 9 nitrogen and oxygen atoms in total. The Bertz CT molecular complexity index is 1890. The predicted octanol–water partition coefficient (Wildman–Crippen LogP) is 6.14. The van der Waals surface area contributed by atoms with Gasteiger partial charge in [0.05, 0.1) is 10.6 Å². The summed E-state index contributed by atoms with van der Waals surface area (Å²) in [5.74, 6) is -0.896. The lowest BCUT2D eigenvalue weighted by Gasteiger charge is -2.34. The molecule has 0 bridgehead atoms. The summed E-state index contributed by atoms with van der Waals surface area (Å²) in [6.07, 6.45) is 3.87. The highest BCUT2D eigenvalue weighted by Gasteiger charge is 2.36. The average molecular weight is 706 g/mol. The number of anilines is 1. The molecule has 1 atom stereocenters. The minimum Gasteiger partial charge on any atom is -0.486 e. The van der Waals surface area contributed by atoms with Gasteiger partial charge in [-0.05, 0) is 66.4 Å². The smallest absolute Gasteiger partial charge is 0.264 e. The van der Waals surface area contributed by atoms with E-state index in [1.165, 1.54) is 35.2 Å². The van der Waals surface area contributed by atoms with Crippen molar-refractivity contribution in [3.05, 3.63) is 119 Å². The molecule has 0 spiro atoms. The highest BCUT2D eigenvalue weighted by Crippen LogP contribution is 2.34. The lowest BCUT2D eigenvalue weighted by atomic mass is 10.0. The van der Waals surface area contributed by atoms with Crippen LogP contribution in [0.15, 0.2) is 102 Å². The van der Waals surface area contributed by atoms with Crippen LogP contribution in [0.1, 0.15) is 36.8 Å². The number of fused-ring (bicyclic) bond motifs is 1. The number of hydrogen-bond acceptors (Lipinski definition) is 6. The molecule has 0 radical (unpaired) electrons. The second kappa shape index (κ2) is 15.3. The van der Waals surface area contributed by atoms with E-state index in [9.17, 15) is 22.4 Å². The summed E-state index contributed by atoms with van der Waals surface area (Å²) in [6.45, 7) is -0.168. The number of carbonyl (C=O) groups excluding carboxylic acids is 2. The molecule has 2 amide bonds. The normalized spacial score (nSPS) is 15.0.